The van der Waals surface area contributed by atoms with E-state index < -0.39 is 34.4 Å². The van der Waals surface area contributed by atoms with Crippen LogP contribution in [0.4, 0.5) is 0 Å². The van der Waals surface area contributed by atoms with E-state index in [9.17, 15) is 18.0 Å². The van der Waals surface area contributed by atoms with E-state index in [1.165, 1.54) is 15.9 Å². The number of nitrogens with zero attached hydrogens (tertiary/aromatic N) is 5. The van der Waals surface area contributed by atoms with Gasteiger partial charge in [0, 0.05) is 12.6 Å². The number of ether oxygens (including phenoxy) is 1. The van der Waals surface area contributed by atoms with Gasteiger partial charge in [-0.25, -0.2) is 17.9 Å². The van der Waals surface area contributed by atoms with Crippen LogP contribution in [0.3, 0.4) is 0 Å². The molecule has 1 unspecified atom stereocenters. The highest BCUT2D eigenvalue weighted by Gasteiger charge is 2.35. The first-order valence-electron chi connectivity index (χ1n) is 9.96. The summed E-state index contributed by atoms with van der Waals surface area (Å²) in [4.78, 5) is 26.8. The van der Waals surface area contributed by atoms with Gasteiger partial charge in [-0.3, -0.25) is 4.79 Å². The van der Waals surface area contributed by atoms with E-state index in [0.29, 0.717) is 12.1 Å². The summed E-state index contributed by atoms with van der Waals surface area (Å²) in [5, 5.41) is 10.9. The van der Waals surface area contributed by atoms with E-state index in [1.807, 2.05) is 30.3 Å². The van der Waals surface area contributed by atoms with Crippen molar-refractivity contribution in [1.29, 1.82) is 0 Å². The Hall–Kier alpha value is -3.60. The van der Waals surface area contributed by atoms with Gasteiger partial charge in [-0.1, -0.05) is 30.3 Å². The Labute approximate surface area is 184 Å². The van der Waals surface area contributed by atoms with Crippen LogP contribution in [-0.4, -0.2) is 69.6 Å². The van der Waals surface area contributed by atoms with Crippen molar-refractivity contribution < 1.29 is 22.7 Å². The fourth-order valence-corrected chi connectivity index (χ4v) is 5.28. The van der Waals surface area contributed by atoms with Crippen molar-refractivity contribution in [2.75, 3.05) is 18.1 Å². The maximum atomic E-state index is 12.9. The van der Waals surface area contributed by atoms with Crippen molar-refractivity contribution in [3.63, 3.8) is 0 Å². The lowest BCUT2D eigenvalue weighted by Crippen LogP contribution is -2.42. The number of hydrogen-bond donors (Lipinski definition) is 0. The van der Waals surface area contributed by atoms with Crippen LogP contribution in [-0.2, 0) is 25.9 Å². The minimum atomic E-state index is -3.18. The molecule has 0 saturated carbocycles. The monoisotopic (exact) mass is 455 g/mol. The summed E-state index contributed by atoms with van der Waals surface area (Å²) < 4.78 is 30.6. The molecule has 32 heavy (non-hydrogen) atoms. The van der Waals surface area contributed by atoms with Crippen molar-refractivity contribution in [2.45, 2.75) is 19.0 Å². The summed E-state index contributed by atoms with van der Waals surface area (Å²) in [6.45, 7) is -0.227. The molecule has 0 radical (unpaired) electrons. The van der Waals surface area contributed by atoms with Gasteiger partial charge in [0.1, 0.15) is 6.33 Å². The maximum Gasteiger partial charge on any atom is 0.338 e. The molecular formula is C21H21N5O5S. The smallest absolute Gasteiger partial charge is 0.338 e. The van der Waals surface area contributed by atoms with Gasteiger partial charge in [-0.15, -0.1) is 5.10 Å². The molecule has 10 nitrogen and oxygen atoms in total. The second-order valence-corrected chi connectivity index (χ2v) is 9.67. The maximum absolute atomic E-state index is 12.9. The Morgan fingerprint density at radius 1 is 1.09 bits per heavy atom. The van der Waals surface area contributed by atoms with Gasteiger partial charge in [0.05, 0.1) is 22.8 Å². The van der Waals surface area contributed by atoms with Crippen molar-refractivity contribution >= 4 is 21.7 Å². The normalized spacial score (nSPS) is 17.1. The van der Waals surface area contributed by atoms with Crippen molar-refractivity contribution in [1.82, 2.24) is 25.1 Å². The number of aromatic nitrogens is 4. The third-order valence-corrected chi connectivity index (χ3v) is 6.96. The highest BCUT2D eigenvalue weighted by molar-refractivity contribution is 7.91. The minimum absolute atomic E-state index is 0.0453. The largest absolute Gasteiger partial charge is 0.452 e. The zero-order chi connectivity index (χ0) is 22.6. The van der Waals surface area contributed by atoms with Gasteiger partial charge < -0.3 is 9.64 Å². The Kier molecular flexibility index (Phi) is 6.26. The Balaban J connectivity index is 1.41. The molecule has 1 amide bonds. The van der Waals surface area contributed by atoms with Gasteiger partial charge in [-0.2, -0.15) is 0 Å². The molecule has 166 valence electrons. The SMILES string of the molecule is O=C(OCC(=O)N(Cc1ccccc1)C1CCS(=O)(=O)C1)c1ccc(-n2cnnn2)cc1. The molecule has 1 atom stereocenters. The summed E-state index contributed by atoms with van der Waals surface area (Å²) in [6.07, 6.45) is 1.80. The molecule has 1 fully saturated rings. The predicted octanol–water partition coefficient (Wildman–Crippen LogP) is 1.03. The number of carbonyl (C=O) groups is 2. The number of benzene rings is 2. The number of carbonyl (C=O) groups excluding carboxylic acids is 2. The second-order valence-electron chi connectivity index (χ2n) is 7.44. The summed E-state index contributed by atoms with van der Waals surface area (Å²) in [7, 11) is -3.18. The first kappa shape index (κ1) is 21.6. The van der Waals surface area contributed by atoms with Crippen LogP contribution in [0.5, 0.6) is 0 Å². The lowest BCUT2D eigenvalue weighted by Gasteiger charge is -2.28. The third kappa shape index (κ3) is 5.17. The van der Waals surface area contributed by atoms with E-state index >= 15 is 0 Å². The highest BCUT2D eigenvalue weighted by atomic mass is 32.2. The van der Waals surface area contributed by atoms with E-state index in [4.69, 9.17) is 4.74 Å². The fraction of sp³-hybridized carbons (Fsp3) is 0.286. The third-order valence-electron chi connectivity index (χ3n) is 5.21. The van der Waals surface area contributed by atoms with Crippen LogP contribution >= 0.6 is 0 Å². The molecule has 4 rings (SSSR count). The quantitative estimate of drug-likeness (QED) is 0.484. The second kappa shape index (κ2) is 9.27. The molecule has 2 aromatic carbocycles. The molecular weight excluding hydrogens is 434 g/mol. The van der Waals surface area contributed by atoms with Crippen LogP contribution in [0.25, 0.3) is 5.69 Å². The number of sulfone groups is 1. The van der Waals surface area contributed by atoms with Crippen LogP contribution < -0.4 is 0 Å². The van der Waals surface area contributed by atoms with E-state index in [2.05, 4.69) is 15.5 Å². The Morgan fingerprint density at radius 3 is 2.47 bits per heavy atom. The molecule has 0 spiro atoms. The van der Waals surface area contributed by atoms with Gasteiger partial charge >= 0.3 is 5.97 Å². The standard InChI is InChI=1S/C21H21N5O5S/c27-20(13-31-21(28)17-6-8-18(9-7-17)26-15-22-23-24-26)25(12-16-4-2-1-3-5-16)19-10-11-32(29,30)14-19/h1-9,15,19H,10-14H2. The first-order valence-corrected chi connectivity index (χ1v) is 11.8. The zero-order valence-electron chi connectivity index (χ0n) is 17.1. The summed E-state index contributed by atoms with van der Waals surface area (Å²) in [5.41, 5.74) is 1.81. The zero-order valence-corrected chi connectivity index (χ0v) is 17.9. The summed E-state index contributed by atoms with van der Waals surface area (Å²) >= 11 is 0. The topological polar surface area (TPSA) is 124 Å². The van der Waals surface area contributed by atoms with Gasteiger partial charge in [0.25, 0.3) is 5.91 Å². The van der Waals surface area contributed by atoms with Crippen molar-refractivity contribution in [3.8, 4) is 5.69 Å². The predicted molar refractivity (Wildman–Crippen MR) is 113 cm³/mol. The highest BCUT2D eigenvalue weighted by Crippen LogP contribution is 2.20. The first-order chi connectivity index (χ1) is 15.4. The molecule has 11 heteroatoms. The average molecular weight is 455 g/mol. The molecule has 1 aromatic heterocycles. The van der Waals surface area contributed by atoms with Gasteiger partial charge in [0.15, 0.2) is 16.4 Å². The van der Waals surface area contributed by atoms with Crippen molar-refractivity contribution in [2.24, 2.45) is 0 Å². The molecule has 1 aliphatic rings. The molecule has 3 aromatic rings. The molecule has 0 N–H and O–H groups in total. The van der Waals surface area contributed by atoms with Gasteiger partial charge in [0.2, 0.25) is 0 Å². The minimum Gasteiger partial charge on any atom is -0.452 e. The number of hydrogen-bond acceptors (Lipinski definition) is 8. The molecule has 0 aliphatic carbocycles. The summed E-state index contributed by atoms with van der Waals surface area (Å²) in [6, 6.07) is 15.3. The number of rotatable bonds is 7. The number of tetrazole rings is 1. The van der Waals surface area contributed by atoms with Crippen LogP contribution in [0.2, 0.25) is 0 Å². The lowest BCUT2D eigenvalue weighted by molar-refractivity contribution is -0.137. The van der Waals surface area contributed by atoms with E-state index in [1.54, 1.807) is 24.3 Å². The molecule has 2 heterocycles. The number of esters is 1. The number of amides is 1. The van der Waals surface area contributed by atoms with Crippen LogP contribution in [0.15, 0.2) is 60.9 Å². The fourth-order valence-electron chi connectivity index (χ4n) is 3.55. The van der Waals surface area contributed by atoms with Crippen molar-refractivity contribution in [3.05, 3.63) is 72.1 Å². The molecule has 1 aliphatic heterocycles. The van der Waals surface area contributed by atoms with Gasteiger partial charge in [-0.05, 0) is 46.7 Å². The average Bonchev–Trinajstić information content (AvgIpc) is 3.46. The van der Waals surface area contributed by atoms with Crippen LogP contribution in [0, 0.1) is 0 Å². The molecule has 1 saturated heterocycles. The van der Waals surface area contributed by atoms with E-state index in [-0.39, 0.29) is 23.6 Å². The summed E-state index contributed by atoms with van der Waals surface area (Å²) in [5.74, 6) is -1.13. The Morgan fingerprint density at radius 2 is 1.84 bits per heavy atom. The lowest BCUT2D eigenvalue weighted by atomic mass is 10.1. The Bertz CT molecular complexity index is 1180. The molecule has 0 bridgehead atoms. The van der Waals surface area contributed by atoms with E-state index in [0.717, 1.165) is 5.56 Å². The van der Waals surface area contributed by atoms with Crippen LogP contribution in [0.1, 0.15) is 22.3 Å².